The highest BCUT2D eigenvalue weighted by Crippen LogP contribution is 2.33. The van der Waals surface area contributed by atoms with Gasteiger partial charge in [0.2, 0.25) is 11.8 Å². The summed E-state index contributed by atoms with van der Waals surface area (Å²) in [7, 11) is 0. The third-order valence-electron chi connectivity index (χ3n) is 8.01. The Bertz CT molecular complexity index is 1650. The first-order valence-electron chi connectivity index (χ1n) is 16.6. The first-order valence-corrected chi connectivity index (χ1v) is 16.6. The first-order chi connectivity index (χ1) is 23.5. The number of hydrogen-bond donors (Lipinski definition) is 5. The highest BCUT2D eigenvalue weighted by molar-refractivity contribution is 5.94. The van der Waals surface area contributed by atoms with Crippen molar-refractivity contribution in [1.82, 2.24) is 31.4 Å². The molecule has 4 amide bonds. The number of ether oxygens (including phenoxy) is 1. The molecule has 280 valence electrons. The zero-order valence-electron chi connectivity index (χ0n) is 30.0. The molecule has 0 bridgehead atoms. The number of benzene rings is 1. The molecule has 2 heterocycles. The summed E-state index contributed by atoms with van der Waals surface area (Å²) in [4.78, 5) is 67.3. The number of pyridine rings is 1. The number of alkyl carbamates (subject to hydrolysis) is 1. The maximum atomic E-state index is 14.0. The van der Waals surface area contributed by atoms with E-state index in [0.29, 0.717) is 23.8 Å². The number of halogens is 3. The summed E-state index contributed by atoms with van der Waals surface area (Å²) in [6, 6.07) is 2.18. The number of hydrogen-bond acceptors (Lipinski definition) is 8. The van der Waals surface area contributed by atoms with Gasteiger partial charge in [-0.15, -0.1) is 0 Å². The van der Waals surface area contributed by atoms with E-state index >= 15 is 0 Å². The lowest BCUT2D eigenvalue weighted by Crippen LogP contribution is -2.61. The van der Waals surface area contributed by atoms with E-state index in [0.717, 1.165) is 0 Å². The van der Waals surface area contributed by atoms with Crippen LogP contribution in [-0.4, -0.2) is 81.3 Å². The number of aliphatic carboxylic acids is 1. The lowest BCUT2D eigenvalue weighted by molar-refractivity contribution is -0.157. The molecule has 2 aromatic rings. The normalized spacial score (nSPS) is 17.5. The zero-order valence-corrected chi connectivity index (χ0v) is 30.0. The number of rotatable bonds is 11. The maximum Gasteiger partial charge on any atom is 0.414 e. The van der Waals surface area contributed by atoms with Gasteiger partial charge in [-0.05, 0) is 78.0 Å². The third-order valence-corrected chi connectivity index (χ3v) is 8.01. The van der Waals surface area contributed by atoms with Crippen molar-refractivity contribution in [2.24, 2.45) is 11.3 Å². The predicted octanol–water partition coefficient (Wildman–Crippen LogP) is 4.63. The van der Waals surface area contributed by atoms with Gasteiger partial charge in [-0.1, -0.05) is 44.2 Å². The highest BCUT2D eigenvalue weighted by Gasteiger charge is 2.44. The number of carboxylic acids is 1. The number of nitrogens with zero attached hydrogens (tertiary/aromatic N) is 2. The highest BCUT2D eigenvalue weighted by atomic mass is 19.4. The van der Waals surface area contributed by atoms with Gasteiger partial charge >= 0.3 is 18.2 Å². The molecule has 13 nitrogen and oxygen atoms in total. The van der Waals surface area contributed by atoms with Crippen molar-refractivity contribution >= 4 is 46.8 Å². The van der Waals surface area contributed by atoms with Gasteiger partial charge in [-0.3, -0.25) is 29.2 Å². The van der Waals surface area contributed by atoms with Crippen molar-refractivity contribution in [3.63, 3.8) is 0 Å². The fraction of sp³-hybridized carbons (Fsp3) is 0.543. The van der Waals surface area contributed by atoms with Crippen molar-refractivity contribution < 1.29 is 47.0 Å². The van der Waals surface area contributed by atoms with Crippen molar-refractivity contribution in [3.8, 4) is 0 Å². The summed E-state index contributed by atoms with van der Waals surface area (Å²) in [5, 5.41) is 18.2. The van der Waals surface area contributed by atoms with Gasteiger partial charge in [-0.2, -0.15) is 13.2 Å². The Balaban J connectivity index is 1.73. The average molecular weight is 721 g/mol. The third kappa shape index (κ3) is 11.4. The van der Waals surface area contributed by atoms with Crippen LogP contribution in [0.15, 0.2) is 36.4 Å². The van der Waals surface area contributed by atoms with Crippen molar-refractivity contribution in [1.29, 1.82) is 0 Å². The van der Waals surface area contributed by atoms with Crippen molar-refractivity contribution in [2.75, 3.05) is 6.54 Å². The van der Waals surface area contributed by atoms with E-state index in [-0.39, 0.29) is 18.0 Å². The molecule has 4 unspecified atom stereocenters. The van der Waals surface area contributed by atoms with Crippen LogP contribution in [0.25, 0.3) is 17.0 Å². The molecule has 0 spiro atoms. The first kappa shape index (κ1) is 40.7. The molecule has 1 saturated heterocycles. The van der Waals surface area contributed by atoms with Crippen LogP contribution in [-0.2, 0) is 23.9 Å². The number of carboxylic acid groups (broad SMARTS) is 1. The van der Waals surface area contributed by atoms with Crippen LogP contribution in [0.5, 0.6) is 0 Å². The molecular formula is C35H47F3N6O7. The minimum absolute atomic E-state index is 0.218. The van der Waals surface area contributed by atoms with Crippen molar-refractivity contribution in [3.05, 3.63) is 47.7 Å². The predicted molar refractivity (Wildman–Crippen MR) is 183 cm³/mol. The number of aromatic nitrogens is 1. The molecule has 1 fully saturated rings. The molecule has 0 saturated carbocycles. The van der Waals surface area contributed by atoms with Gasteiger partial charge in [0.15, 0.2) is 6.04 Å². The smallest absolute Gasteiger partial charge is 0.414 e. The van der Waals surface area contributed by atoms with Crippen LogP contribution in [0.3, 0.4) is 0 Å². The van der Waals surface area contributed by atoms with Crippen LogP contribution in [0.4, 0.5) is 18.0 Å². The summed E-state index contributed by atoms with van der Waals surface area (Å²) in [6.07, 6.45) is -2.07. The molecule has 16 heteroatoms. The summed E-state index contributed by atoms with van der Waals surface area (Å²) < 4.78 is 47.0. The Morgan fingerprint density at radius 2 is 1.65 bits per heavy atom. The molecule has 1 aliphatic heterocycles. The largest absolute Gasteiger partial charge is 0.480 e. The number of alkyl halides is 3. The van der Waals surface area contributed by atoms with Gasteiger partial charge < -0.3 is 25.8 Å². The minimum Gasteiger partial charge on any atom is -0.480 e. The second-order valence-electron chi connectivity index (χ2n) is 14.4. The van der Waals surface area contributed by atoms with E-state index in [4.69, 9.17) is 4.74 Å². The van der Waals surface area contributed by atoms with Gasteiger partial charge in [0.1, 0.15) is 23.7 Å². The Kier molecular flexibility index (Phi) is 12.8. The Morgan fingerprint density at radius 3 is 2.24 bits per heavy atom. The molecule has 1 aromatic heterocycles. The van der Waals surface area contributed by atoms with Gasteiger partial charge in [-0.25, -0.2) is 10.2 Å². The topological polar surface area (TPSA) is 179 Å². The quantitative estimate of drug-likeness (QED) is 0.221. The van der Waals surface area contributed by atoms with Gasteiger partial charge in [0.05, 0.1) is 16.6 Å². The van der Waals surface area contributed by atoms with Gasteiger partial charge in [0.25, 0.3) is 5.91 Å². The van der Waals surface area contributed by atoms with Crippen LogP contribution >= 0.6 is 0 Å². The van der Waals surface area contributed by atoms with E-state index in [1.807, 2.05) is 5.32 Å². The fourth-order valence-corrected chi connectivity index (χ4v) is 5.13. The standard InChI is InChI=1S/C35H47F3N6O7/c1-19(2)26(28(45)39-20(3)29(46)44-17-9-10-24(43-44)30(47)48)41-31(49)34(7,8)16-15-21-11-12-22-13-14-23(40-25(22)18-21)27(35(36,37)38)42-32(50)51-33(4,5)6/h11-16,18-20,24,26-27,43H,9-10,17H2,1-8H3,(H,39,45)(H,41,49)(H,42,50)(H,47,48). The summed E-state index contributed by atoms with van der Waals surface area (Å²) in [6.45, 7) is 13.0. The minimum atomic E-state index is -4.86. The Morgan fingerprint density at radius 1 is 1.00 bits per heavy atom. The average Bonchev–Trinajstić information content (AvgIpc) is 3.02. The number of fused-ring (bicyclic) bond motifs is 1. The molecule has 5 N–H and O–H groups in total. The fourth-order valence-electron chi connectivity index (χ4n) is 5.13. The second kappa shape index (κ2) is 16.1. The van der Waals surface area contributed by atoms with E-state index in [9.17, 15) is 42.3 Å². The zero-order chi connectivity index (χ0) is 38.5. The van der Waals surface area contributed by atoms with Crippen LogP contribution in [0.1, 0.15) is 85.5 Å². The number of carbonyl (C=O) groups is 5. The Hall–Kier alpha value is -4.73. The number of hydrazine groups is 1. The molecule has 1 aliphatic rings. The SMILES string of the molecule is CC(NC(=O)C(NC(=O)C(C)(C)C=Cc1ccc2ccc(C(NC(=O)OC(C)(C)C)C(F)(F)F)nc2c1)C(C)C)C(=O)N1CCCC(C(=O)O)N1. The molecule has 4 atom stereocenters. The molecule has 0 aliphatic carbocycles. The van der Waals surface area contributed by atoms with E-state index in [2.05, 4.69) is 21.0 Å². The lowest BCUT2D eigenvalue weighted by atomic mass is 9.89. The van der Waals surface area contributed by atoms with Crippen LogP contribution in [0.2, 0.25) is 0 Å². The molecule has 0 radical (unpaired) electrons. The van der Waals surface area contributed by atoms with E-state index in [1.54, 1.807) is 58.0 Å². The van der Waals surface area contributed by atoms with E-state index < -0.39 is 76.8 Å². The van der Waals surface area contributed by atoms with Crippen LogP contribution in [0, 0.1) is 11.3 Å². The lowest BCUT2D eigenvalue weighted by Gasteiger charge is -2.34. The van der Waals surface area contributed by atoms with Crippen LogP contribution < -0.4 is 21.4 Å². The molecule has 3 rings (SSSR count). The monoisotopic (exact) mass is 720 g/mol. The summed E-state index contributed by atoms with van der Waals surface area (Å²) in [5.41, 5.74) is 0.795. The van der Waals surface area contributed by atoms with Crippen molar-refractivity contribution in [2.45, 2.75) is 104 Å². The maximum absolute atomic E-state index is 14.0. The molecule has 51 heavy (non-hydrogen) atoms. The second-order valence-corrected chi connectivity index (χ2v) is 14.4. The number of amides is 4. The summed E-state index contributed by atoms with van der Waals surface area (Å²) in [5.74, 6) is -3.07. The number of carbonyl (C=O) groups excluding carboxylic acids is 4. The Labute approximate surface area is 294 Å². The summed E-state index contributed by atoms with van der Waals surface area (Å²) >= 11 is 0. The van der Waals surface area contributed by atoms with Gasteiger partial charge in [0, 0.05) is 11.9 Å². The number of nitrogens with one attached hydrogen (secondary N) is 4. The van der Waals surface area contributed by atoms with E-state index in [1.165, 1.54) is 44.8 Å². The molecular weight excluding hydrogens is 673 g/mol. The molecule has 1 aromatic carbocycles.